The molecule has 1 aromatic carbocycles. The summed E-state index contributed by atoms with van der Waals surface area (Å²) in [5.74, 6) is 0.00149. The highest BCUT2D eigenvalue weighted by Gasteiger charge is 2.17. The number of carbonyl (C=O) groups excluding carboxylic acids is 1. The molecule has 0 fully saturated rings. The molecule has 0 spiro atoms. The smallest absolute Gasteiger partial charge is 0.201 e. The van der Waals surface area contributed by atoms with E-state index in [1.807, 2.05) is 18.2 Å². The summed E-state index contributed by atoms with van der Waals surface area (Å²) in [7, 11) is 0. The monoisotopic (exact) mass is 308 g/mol. The maximum Gasteiger partial charge on any atom is 0.201 e. The molecule has 0 saturated carbocycles. The minimum Gasteiger partial charge on any atom is -0.370 e. The Morgan fingerprint density at radius 1 is 1.25 bits per heavy atom. The maximum atomic E-state index is 12.0. The summed E-state index contributed by atoms with van der Waals surface area (Å²) < 4.78 is 6.23. The van der Waals surface area contributed by atoms with Crippen molar-refractivity contribution in [2.24, 2.45) is 0 Å². The fraction of sp³-hybridized carbons (Fsp3) is 0.312. The van der Waals surface area contributed by atoms with Crippen LogP contribution in [-0.2, 0) is 11.2 Å². The number of rotatable bonds is 7. The van der Waals surface area contributed by atoms with Gasteiger partial charge >= 0.3 is 0 Å². The number of carbonyl (C=O) groups is 1. The lowest BCUT2D eigenvalue weighted by molar-refractivity contribution is 0.0474. The van der Waals surface area contributed by atoms with Crippen molar-refractivity contribution in [3.63, 3.8) is 0 Å². The highest BCUT2D eigenvalue weighted by molar-refractivity contribution is 7.18. The third-order valence-corrected chi connectivity index (χ3v) is 4.25. The van der Waals surface area contributed by atoms with Crippen LogP contribution >= 0.6 is 22.9 Å². The number of hydrogen-bond donors (Lipinski definition) is 0. The number of halogens is 1. The largest absolute Gasteiger partial charge is 0.370 e. The lowest BCUT2D eigenvalue weighted by Crippen LogP contribution is -2.20. The summed E-state index contributed by atoms with van der Waals surface area (Å²) in [6.45, 7) is 2.37. The fourth-order valence-corrected chi connectivity index (χ4v) is 2.96. The summed E-state index contributed by atoms with van der Waals surface area (Å²) in [4.78, 5) is 12.7. The normalized spacial score (nSPS) is 12.3. The molecular weight excluding hydrogens is 292 g/mol. The van der Waals surface area contributed by atoms with Gasteiger partial charge in [0.25, 0.3) is 0 Å². The van der Waals surface area contributed by atoms with E-state index in [0.29, 0.717) is 15.8 Å². The van der Waals surface area contributed by atoms with Gasteiger partial charge < -0.3 is 4.74 Å². The minimum atomic E-state index is -0.416. The standard InChI is InChI=1S/C16H17ClO2S/c1-12(16(18)14-9-10-15(17)20-14)19-11-5-8-13-6-3-2-4-7-13/h2-4,6-7,9-10,12H,5,8,11H2,1H3. The SMILES string of the molecule is CC(OCCCc1ccccc1)C(=O)c1ccc(Cl)s1. The number of thiophene rings is 1. The van der Waals surface area contributed by atoms with Gasteiger partial charge in [0, 0.05) is 6.61 Å². The number of ether oxygens (including phenoxy) is 1. The second-order valence-corrected chi connectivity index (χ2v) is 6.29. The molecule has 20 heavy (non-hydrogen) atoms. The van der Waals surface area contributed by atoms with Crippen molar-refractivity contribution in [2.45, 2.75) is 25.9 Å². The summed E-state index contributed by atoms with van der Waals surface area (Å²) in [5.41, 5.74) is 1.29. The molecule has 2 aromatic rings. The molecule has 2 nitrogen and oxygen atoms in total. The van der Waals surface area contributed by atoms with E-state index in [1.54, 1.807) is 19.1 Å². The molecule has 4 heteroatoms. The Kier molecular flexibility index (Phi) is 5.77. The van der Waals surface area contributed by atoms with E-state index in [1.165, 1.54) is 16.9 Å². The lowest BCUT2D eigenvalue weighted by Gasteiger charge is -2.11. The number of ketones is 1. The van der Waals surface area contributed by atoms with Crippen LogP contribution in [0, 0.1) is 0 Å². The van der Waals surface area contributed by atoms with Crippen LogP contribution in [0.25, 0.3) is 0 Å². The van der Waals surface area contributed by atoms with Crippen LogP contribution in [0.3, 0.4) is 0 Å². The van der Waals surface area contributed by atoms with Crippen molar-refractivity contribution in [3.8, 4) is 0 Å². The molecule has 1 heterocycles. The third kappa shape index (κ3) is 4.44. The van der Waals surface area contributed by atoms with Gasteiger partial charge in [-0.3, -0.25) is 4.79 Å². The Morgan fingerprint density at radius 3 is 2.65 bits per heavy atom. The molecule has 1 atom stereocenters. The van der Waals surface area contributed by atoms with E-state index in [4.69, 9.17) is 16.3 Å². The van der Waals surface area contributed by atoms with E-state index in [-0.39, 0.29) is 5.78 Å². The third-order valence-electron chi connectivity index (χ3n) is 3.01. The van der Waals surface area contributed by atoms with Crippen molar-refractivity contribution >= 4 is 28.7 Å². The Labute approximate surface area is 128 Å². The number of aryl methyl sites for hydroxylation is 1. The zero-order valence-corrected chi connectivity index (χ0v) is 12.9. The Balaban J connectivity index is 1.72. The van der Waals surface area contributed by atoms with Gasteiger partial charge in [-0.1, -0.05) is 41.9 Å². The molecule has 0 aliphatic rings. The molecule has 2 rings (SSSR count). The predicted octanol–water partition coefficient (Wildman–Crippen LogP) is 4.62. The summed E-state index contributed by atoms with van der Waals surface area (Å²) >= 11 is 7.13. The highest BCUT2D eigenvalue weighted by Crippen LogP contribution is 2.23. The fourth-order valence-electron chi connectivity index (χ4n) is 1.90. The van der Waals surface area contributed by atoms with Crippen LogP contribution < -0.4 is 0 Å². The van der Waals surface area contributed by atoms with E-state index in [0.717, 1.165) is 12.8 Å². The van der Waals surface area contributed by atoms with Crippen LogP contribution in [0.2, 0.25) is 4.34 Å². The molecule has 106 valence electrons. The average Bonchev–Trinajstić information content (AvgIpc) is 2.90. The first-order valence-corrected chi connectivity index (χ1v) is 7.81. The lowest BCUT2D eigenvalue weighted by atomic mass is 10.1. The van der Waals surface area contributed by atoms with Gasteiger partial charge in [0.2, 0.25) is 5.78 Å². The molecule has 0 aliphatic carbocycles. The summed E-state index contributed by atoms with van der Waals surface area (Å²) in [6, 6.07) is 13.8. The molecule has 0 saturated heterocycles. The van der Waals surface area contributed by atoms with Gasteiger partial charge in [-0.25, -0.2) is 0 Å². The molecular formula is C16H17ClO2S. The topological polar surface area (TPSA) is 26.3 Å². The van der Waals surface area contributed by atoms with Crippen LogP contribution in [0.1, 0.15) is 28.6 Å². The molecule has 0 bridgehead atoms. The quantitative estimate of drug-likeness (QED) is 0.551. The second kappa shape index (κ2) is 7.58. The molecule has 0 aliphatic heterocycles. The van der Waals surface area contributed by atoms with Crippen LogP contribution in [0.15, 0.2) is 42.5 Å². The highest BCUT2D eigenvalue weighted by atomic mass is 35.5. The van der Waals surface area contributed by atoms with Crippen molar-refractivity contribution in [1.29, 1.82) is 0 Å². The van der Waals surface area contributed by atoms with E-state index < -0.39 is 6.10 Å². The summed E-state index contributed by atoms with van der Waals surface area (Å²) in [5, 5.41) is 0. The van der Waals surface area contributed by atoms with Crippen molar-refractivity contribution in [1.82, 2.24) is 0 Å². The Bertz CT molecular complexity index is 551. The van der Waals surface area contributed by atoms with Gasteiger partial charge in [-0.2, -0.15) is 0 Å². The van der Waals surface area contributed by atoms with Crippen molar-refractivity contribution in [2.75, 3.05) is 6.61 Å². The second-order valence-electron chi connectivity index (χ2n) is 4.57. The molecule has 0 amide bonds. The first-order chi connectivity index (χ1) is 9.66. The van der Waals surface area contributed by atoms with Gasteiger partial charge in [0.15, 0.2) is 0 Å². The van der Waals surface area contributed by atoms with E-state index >= 15 is 0 Å². The molecule has 0 radical (unpaired) electrons. The van der Waals surface area contributed by atoms with Gasteiger partial charge in [0.05, 0.1) is 9.21 Å². The number of Topliss-reactive ketones (excluding diaryl/α,β-unsaturated/α-hetero) is 1. The van der Waals surface area contributed by atoms with Crippen LogP contribution in [0.5, 0.6) is 0 Å². The maximum absolute atomic E-state index is 12.0. The van der Waals surface area contributed by atoms with Crippen LogP contribution in [-0.4, -0.2) is 18.5 Å². The van der Waals surface area contributed by atoms with E-state index in [2.05, 4.69) is 12.1 Å². The zero-order chi connectivity index (χ0) is 14.4. The first-order valence-electron chi connectivity index (χ1n) is 6.62. The van der Waals surface area contributed by atoms with Crippen molar-refractivity contribution in [3.05, 3.63) is 57.2 Å². The average molecular weight is 309 g/mol. The molecule has 1 aromatic heterocycles. The van der Waals surface area contributed by atoms with Gasteiger partial charge in [-0.15, -0.1) is 11.3 Å². The Morgan fingerprint density at radius 2 is 2.00 bits per heavy atom. The number of hydrogen-bond acceptors (Lipinski definition) is 3. The van der Waals surface area contributed by atoms with Gasteiger partial charge in [0.1, 0.15) is 6.10 Å². The summed E-state index contributed by atoms with van der Waals surface area (Å²) in [6.07, 6.45) is 1.46. The predicted molar refractivity (Wildman–Crippen MR) is 83.8 cm³/mol. The number of benzene rings is 1. The molecule has 1 unspecified atom stereocenters. The first kappa shape index (κ1) is 15.2. The van der Waals surface area contributed by atoms with Crippen LogP contribution in [0.4, 0.5) is 0 Å². The Hall–Kier alpha value is -1.16. The minimum absolute atomic E-state index is 0.00149. The molecule has 0 N–H and O–H groups in total. The van der Waals surface area contributed by atoms with Crippen molar-refractivity contribution < 1.29 is 9.53 Å². The zero-order valence-electron chi connectivity index (χ0n) is 11.3. The van der Waals surface area contributed by atoms with Gasteiger partial charge in [-0.05, 0) is 37.5 Å². The van der Waals surface area contributed by atoms with E-state index in [9.17, 15) is 4.79 Å².